The number of carbonyl (C=O) groups is 1. The van der Waals surface area contributed by atoms with Gasteiger partial charge in [0.1, 0.15) is 18.2 Å². The summed E-state index contributed by atoms with van der Waals surface area (Å²) < 4.78 is 36.9. The summed E-state index contributed by atoms with van der Waals surface area (Å²) >= 11 is 0. The molecule has 0 aliphatic carbocycles. The molecular weight excluding hydrogens is 511 g/mol. The van der Waals surface area contributed by atoms with Crippen LogP contribution in [0.15, 0.2) is 66.8 Å². The minimum atomic E-state index is -4.48. The third-order valence-electron chi connectivity index (χ3n) is 5.41. The fraction of sp³-hybridized carbons (Fsp3) is 0.292. The van der Waals surface area contributed by atoms with E-state index < -0.39 is 24.3 Å². The van der Waals surface area contributed by atoms with Crippen LogP contribution in [0.5, 0.6) is 0 Å². The highest BCUT2D eigenvalue weighted by Gasteiger charge is 2.28. The second-order valence-corrected chi connectivity index (χ2v) is 8.98. The van der Waals surface area contributed by atoms with E-state index in [1.165, 1.54) is 0 Å². The number of allylic oxidation sites excluding steroid dienone is 2. The molecule has 0 fully saturated rings. The Morgan fingerprint density at radius 2 is 1.97 bits per heavy atom. The van der Waals surface area contributed by atoms with Crippen molar-refractivity contribution in [1.82, 2.24) is 25.7 Å². The van der Waals surface area contributed by atoms with Gasteiger partial charge in [0.15, 0.2) is 0 Å². The molecule has 0 saturated carbocycles. The molecule has 2 aliphatic heterocycles. The molecule has 1 unspecified atom stereocenters. The molecular formula is C24H27ClF3N7O2. The number of rotatable bonds is 7. The lowest BCUT2D eigenvalue weighted by atomic mass is 10.0. The number of halogens is 4. The van der Waals surface area contributed by atoms with Crippen LogP contribution in [0.25, 0.3) is 5.70 Å². The molecule has 1 aromatic heterocycles. The van der Waals surface area contributed by atoms with Crippen molar-refractivity contribution in [3.8, 4) is 0 Å². The third kappa shape index (κ3) is 7.14. The van der Waals surface area contributed by atoms with E-state index in [0.717, 1.165) is 22.8 Å². The largest absolute Gasteiger partial charge is 0.405 e. The van der Waals surface area contributed by atoms with Crippen LogP contribution in [-0.2, 0) is 0 Å². The van der Waals surface area contributed by atoms with Crippen LogP contribution in [0.1, 0.15) is 31.0 Å². The van der Waals surface area contributed by atoms with Crippen molar-refractivity contribution >= 4 is 35.6 Å². The van der Waals surface area contributed by atoms with Crippen LogP contribution in [0, 0.1) is 0 Å². The molecule has 1 atom stereocenters. The predicted octanol–water partition coefficient (Wildman–Crippen LogP) is 4.12. The van der Waals surface area contributed by atoms with Gasteiger partial charge < -0.3 is 31.3 Å². The SMILES string of the molecule is CC(C)(CO)Nc1ccc(C2C=CN3C(=C2)NC=C3c2cccc(NC(=O)NCC(F)(F)F)c2)nn1.Cl. The maximum absolute atomic E-state index is 12.3. The fourth-order valence-corrected chi connectivity index (χ4v) is 3.60. The summed E-state index contributed by atoms with van der Waals surface area (Å²) in [6.07, 6.45) is 3.17. The quantitative estimate of drug-likeness (QED) is 0.361. The number of aromatic nitrogens is 2. The standard InChI is InChI=1S/C24H26F3N7O2.ClH/c1-23(2,14-35)31-20-7-6-18(32-33-20)15-8-9-34-19(12-28-21(34)11-15)16-4-3-5-17(10-16)30-22(36)29-13-24(25,26)27;/h3-12,15,28,35H,13-14H2,1-2H3,(H,31,33)(H2,29,30,36);1H. The van der Waals surface area contributed by atoms with Crippen molar-refractivity contribution in [2.45, 2.75) is 31.5 Å². The number of amides is 2. The number of benzene rings is 1. The van der Waals surface area contributed by atoms with Crippen molar-refractivity contribution in [3.05, 3.63) is 78.0 Å². The summed E-state index contributed by atoms with van der Waals surface area (Å²) in [5, 5.41) is 28.5. The highest BCUT2D eigenvalue weighted by Crippen LogP contribution is 2.34. The van der Waals surface area contributed by atoms with E-state index in [4.69, 9.17) is 0 Å². The molecule has 37 heavy (non-hydrogen) atoms. The Hall–Kier alpha value is -3.77. The molecule has 0 radical (unpaired) electrons. The smallest absolute Gasteiger partial charge is 0.394 e. The van der Waals surface area contributed by atoms with Gasteiger partial charge in [-0.15, -0.1) is 17.5 Å². The first-order valence-corrected chi connectivity index (χ1v) is 11.1. The maximum Gasteiger partial charge on any atom is 0.405 e. The summed E-state index contributed by atoms with van der Waals surface area (Å²) in [5.74, 6) is 1.26. The molecule has 0 bridgehead atoms. The Morgan fingerprint density at radius 3 is 2.65 bits per heavy atom. The van der Waals surface area contributed by atoms with Crippen molar-refractivity contribution in [2.75, 3.05) is 23.8 Å². The minimum Gasteiger partial charge on any atom is -0.394 e. The highest BCUT2D eigenvalue weighted by molar-refractivity contribution is 5.90. The topological polar surface area (TPSA) is 114 Å². The predicted molar refractivity (Wildman–Crippen MR) is 137 cm³/mol. The lowest BCUT2D eigenvalue weighted by Crippen LogP contribution is -2.36. The van der Waals surface area contributed by atoms with Crippen molar-refractivity contribution < 1.29 is 23.1 Å². The molecule has 0 spiro atoms. The van der Waals surface area contributed by atoms with Gasteiger partial charge in [-0.25, -0.2) is 4.79 Å². The molecule has 5 N–H and O–H groups in total. The number of hydrogen-bond donors (Lipinski definition) is 5. The maximum atomic E-state index is 12.3. The second kappa shape index (κ2) is 11.1. The van der Waals surface area contributed by atoms with Gasteiger partial charge in [-0.05, 0) is 44.2 Å². The normalized spacial score (nSPS) is 16.6. The Labute approximate surface area is 217 Å². The van der Waals surface area contributed by atoms with E-state index in [0.29, 0.717) is 11.5 Å². The number of aliphatic hydroxyl groups excluding tert-OH is 1. The summed E-state index contributed by atoms with van der Waals surface area (Å²) in [6.45, 7) is 2.26. The Bertz CT molecular complexity index is 1210. The number of carbonyl (C=O) groups excluding carboxylic acids is 1. The van der Waals surface area contributed by atoms with E-state index in [1.54, 1.807) is 29.7 Å². The van der Waals surface area contributed by atoms with E-state index >= 15 is 0 Å². The zero-order chi connectivity index (χ0) is 25.9. The summed E-state index contributed by atoms with van der Waals surface area (Å²) in [7, 11) is 0. The van der Waals surface area contributed by atoms with E-state index in [1.807, 2.05) is 55.3 Å². The van der Waals surface area contributed by atoms with Gasteiger partial charge >= 0.3 is 12.2 Å². The van der Waals surface area contributed by atoms with Gasteiger partial charge in [0, 0.05) is 29.6 Å². The van der Waals surface area contributed by atoms with Gasteiger partial charge in [-0.2, -0.15) is 18.3 Å². The first-order chi connectivity index (χ1) is 17.0. The van der Waals surface area contributed by atoms with Crippen LogP contribution < -0.4 is 21.3 Å². The fourth-order valence-electron chi connectivity index (χ4n) is 3.60. The first kappa shape index (κ1) is 27.8. The number of fused-ring (bicyclic) bond motifs is 1. The minimum absolute atomic E-state index is 0. The van der Waals surface area contributed by atoms with Crippen LogP contribution in [0.3, 0.4) is 0 Å². The zero-order valence-corrected chi connectivity index (χ0v) is 20.8. The molecule has 0 saturated heterocycles. The molecule has 198 valence electrons. The van der Waals surface area contributed by atoms with Gasteiger partial charge in [0.25, 0.3) is 0 Å². The van der Waals surface area contributed by atoms with Gasteiger partial charge in [-0.1, -0.05) is 18.2 Å². The third-order valence-corrected chi connectivity index (χ3v) is 5.41. The van der Waals surface area contributed by atoms with E-state index in [9.17, 15) is 23.1 Å². The lowest BCUT2D eigenvalue weighted by molar-refractivity contribution is -0.122. The molecule has 2 aromatic rings. The molecule has 3 heterocycles. The average molecular weight is 538 g/mol. The van der Waals surface area contributed by atoms with Crippen molar-refractivity contribution in [1.29, 1.82) is 0 Å². The van der Waals surface area contributed by atoms with E-state index in [2.05, 4.69) is 26.1 Å². The number of nitrogens with zero attached hydrogens (tertiary/aromatic N) is 3. The summed E-state index contributed by atoms with van der Waals surface area (Å²) in [4.78, 5) is 13.7. The van der Waals surface area contributed by atoms with Crippen molar-refractivity contribution in [2.24, 2.45) is 0 Å². The Balaban J connectivity index is 0.00000380. The Morgan fingerprint density at radius 1 is 1.19 bits per heavy atom. The number of alkyl halides is 3. The number of aliphatic hydroxyl groups is 1. The number of hydrogen-bond acceptors (Lipinski definition) is 7. The molecule has 4 rings (SSSR count). The molecule has 13 heteroatoms. The number of urea groups is 1. The highest BCUT2D eigenvalue weighted by atomic mass is 35.5. The molecule has 2 aliphatic rings. The average Bonchev–Trinajstić information content (AvgIpc) is 3.26. The second-order valence-electron chi connectivity index (χ2n) is 8.98. The summed E-state index contributed by atoms with van der Waals surface area (Å²) in [5.41, 5.74) is 2.14. The van der Waals surface area contributed by atoms with Gasteiger partial charge in [-0.3, -0.25) is 0 Å². The summed E-state index contributed by atoms with van der Waals surface area (Å²) in [6, 6.07) is 9.55. The molecule has 1 aromatic carbocycles. The van der Waals surface area contributed by atoms with Crippen LogP contribution >= 0.6 is 12.4 Å². The van der Waals surface area contributed by atoms with Gasteiger partial charge in [0.05, 0.1) is 23.5 Å². The lowest BCUT2D eigenvalue weighted by Gasteiger charge is -2.25. The molecule has 9 nitrogen and oxygen atoms in total. The van der Waals surface area contributed by atoms with Crippen LogP contribution in [0.4, 0.5) is 29.5 Å². The monoisotopic (exact) mass is 537 g/mol. The first-order valence-electron chi connectivity index (χ1n) is 11.1. The van der Waals surface area contributed by atoms with Crippen molar-refractivity contribution in [3.63, 3.8) is 0 Å². The van der Waals surface area contributed by atoms with Crippen LogP contribution in [0.2, 0.25) is 0 Å². The van der Waals surface area contributed by atoms with Crippen LogP contribution in [-0.4, -0.2) is 51.1 Å². The van der Waals surface area contributed by atoms with Gasteiger partial charge in [0.2, 0.25) is 0 Å². The number of nitrogens with one attached hydrogen (secondary N) is 4. The zero-order valence-electron chi connectivity index (χ0n) is 20.0. The van der Waals surface area contributed by atoms with E-state index in [-0.39, 0.29) is 24.9 Å². The molecule has 2 amide bonds. The number of anilines is 2. The Kier molecular flexibility index (Phi) is 8.34.